The summed E-state index contributed by atoms with van der Waals surface area (Å²) in [7, 11) is 0. The zero-order valence-corrected chi connectivity index (χ0v) is 7.33. The van der Waals surface area contributed by atoms with Crippen molar-refractivity contribution < 1.29 is 17.8 Å². The van der Waals surface area contributed by atoms with Crippen LogP contribution in [-0.2, 0) is 12.7 Å². The van der Waals surface area contributed by atoms with E-state index in [1.165, 1.54) is 23.0 Å². The van der Waals surface area contributed by atoms with Crippen molar-refractivity contribution >= 4 is 34.9 Å². The molecule has 0 fully saturated rings. The molecule has 5 heteroatoms. The van der Waals surface area contributed by atoms with E-state index in [9.17, 15) is 9.59 Å². The summed E-state index contributed by atoms with van der Waals surface area (Å²) in [5, 5.41) is 8.15. The fourth-order valence-electron chi connectivity index (χ4n) is 0.423. The lowest BCUT2D eigenvalue weighted by atomic mass is 10.2. The zero-order chi connectivity index (χ0) is 7.98. The van der Waals surface area contributed by atoms with Crippen molar-refractivity contribution in [2.45, 2.75) is 19.3 Å². The average Bonchev–Trinajstić information content (AvgIpc) is 1.87. The van der Waals surface area contributed by atoms with Gasteiger partial charge >= 0.3 is 11.9 Å². The number of hydrogen-bond acceptors (Lipinski definition) is 3. The highest BCUT2D eigenvalue weighted by atomic mass is 127. The predicted octanol–water partition coefficient (Wildman–Crippen LogP) is 1.13. The Labute approximate surface area is 72.2 Å². The van der Waals surface area contributed by atoms with Crippen LogP contribution in [0.5, 0.6) is 0 Å². The molecule has 0 heterocycles. The molecule has 0 saturated heterocycles. The predicted molar refractivity (Wildman–Crippen MR) is 41.6 cm³/mol. The van der Waals surface area contributed by atoms with Crippen LogP contribution in [0, 0.1) is 0 Å². The minimum Gasteiger partial charge on any atom is -0.481 e. The lowest BCUT2D eigenvalue weighted by Gasteiger charge is -1.92. The SMILES string of the molecule is O=C(O)CCCC(=O)OI. The highest BCUT2D eigenvalue weighted by molar-refractivity contribution is 14.1. The van der Waals surface area contributed by atoms with Crippen molar-refractivity contribution in [2.24, 2.45) is 0 Å². The molecule has 0 aliphatic carbocycles. The van der Waals surface area contributed by atoms with Crippen LogP contribution in [0.4, 0.5) is 0 Å². The number of carbonyl (C=O) groups is 2. The molecule has 0 aromatic carbocycles. The Kier molecular flexibility index (Phi) is 5.27. The van der Waals surface area contributed by atoms with Crippen LogP contribution in [0.15, 0.2) is 0 Å². The molecule has 0 aliphatic rings. The van der Waals surface area contributed by atoms with Crippen molar-refractivity contribution in [1.82, 2.24) is 0 Å². The van der Waals surface area contributed by atoms with Gasteiger partial charge in [-0.1, -0.05) is 0 Å². The molecule has 4 nitrogen and oxygen atoms in total. The number of aliphatic carboxylic acids is 1. The van der Waals surface area contributed by atoms with Gasteiger partial charge in [0.1, 0.15) is 0 Å². The van der Waals surface area contributed by atoms with E-state index in [-0.39, 0.29) is 18.8 Å². The van der Waals surface area contributed by atoms with Gasteiger partial charge in [0.2, 0.25) is 0 Å². The normalized spacial score (nSPS) is 8.90. The Balaban J connectivity index is 3.20. The first-order chi connectivity index (χ1) is 4.66. The van der Waals surface area contributed by atoms with Gasteiger partial charge in [-0.05, 0) is 6.42 Å². The summed E-state index contributed by atoms with van der Waals surface area (Å²) in [5.74, 6) is -1.26. The Morgan fingerprint density at radius 1 is 1.40 bits per heavy atom. The maximum atomic E-state index is 10.4. The second-order valence-corrected chi connectivity index (χ2v) is 2.14. The van der Waals surface area contributed by atoms with Gasteiger partial charge in [0.15, 0.2) is 23.0 Å². The Morgan fingerprint density at radius 3 is 2.40 bits per heavy atom. The molecule has 0 bridgehead atoms. The van der Waals surface area contributed by atoms with Crippen LogP contribution in [-0.4, -0.2) is 17.0 Å². The van der Waals surface area contributed by atoms with Crippen LogP contribution in [0.25, 0.3) is 0 Å². The standard InChI is InChI=1S/C5H7IO4/c6-10-5(9)3-1-2-4(7)8/h1-3H2,(H,7,8). The molecule has 0 aromatic rings. The third-order valence-corrected chi connectivity index (χ3v) is 1.35. The van der Waals surface area contributed by atoms with Gasteiger partial charge in [0.25, 0.3) is 0 Å². The van der Waals surface area contributed by atoms with E-state index in [0.717, 1.165) is 0 Å². The Hall–Kier alpha value is -0.330. The lowest BCUT2D eigenvalue weighted by Crippen LogP contribution is -1.99. The van der Waals surface area contributed by atoms with Gasteiger partial charge in [0.05, 0.1) is 0 Å². The Morgan fingerprint density at radius 2 is 2.00 bits per heavy atom. The molecule has 0 spiro atoms. The summed E-state index contributed by atoms with van der Waals surface area (Å²) in [5.41, 5.74) is 0. The van der Waals surface area contributed by atoms with Crippen molar-refractivity contribution in [2.75, 3.05) is 0 Å². The molecule has 0 aliphatic heterocycles. The average molecular weight is 258 g/mol. The van der Waals surface area contributed by atoms with Crippen molar-refractivity contribution in [1.29, 1.82) is 0 Å². The van der Waals surface area contributed by atoms with Crippen LogP contribution in [0.3, 0.4) is 0 Å². The molecular weight excluding hydrogens is 251 g/mol. The molecule has 0 rings (SSSR count). The number of carboxylic acid groups (broad SMARTS) is 1. The van der Waals surface area contributed by atoms with Gasteiger partial charge in [-0.3, -0.25) is 9.59 Å². The second kappa shape index (κ2) is 5.45. The number of carboxylic acids is 1. The van der Waals surface area contributed by atoms with Crippen molar-refractivity contribution in [3.8, 4) is 0 Å². The summed E-state index contributed by atoms with van der Waals surface area (Å²) >= 11 is 1.47. The highest BCUT2D eigenvalue weighted by Crippen LogP contribution is 1.99. The lowest BCUT2D eigenvalue weighted by molar-refractivity contribution is -0.137. The van der Waals surface area contributed by atoms with Crippen LogP contribution < -0.4 is 0 Å². The molecule has 0 saturated carbocycles. The number of carbonyl (C=O) groups excluding carboxylic acids is 1. The van der Waals surface area contributed by atoms with E-state index in [0.29, 0.717) is 6.42 Å². The molecule has 0 atom stereocenters. The topological polar surface area (TPSA) is 63.6 Å². The van der Waals surface area contributed by atoms with Gasteiger partial charge in [-0.25, -0.2) is 0 Å². The van der Waals surface area contributed by atoms with Crippen molar-refractivity contribution in [3.05, 3.63) is 0 Å². The maximum absolute atomic E-state index is 10.4. The van der Waals surface area contributed by atoms with E-state index < -0.39 is 5.97 Å². The van der Waals surface area contributed by atoms with Crippen LogP contribution >= 0.6 is 23.0 Å². The first-order valence-electron chi connectivity index (χ1n) is 2.70. The van der Waals surface area contributed by atoms with Gasteiger partial charge in [-0.2, -0.15) is 0 Å². The molecule has 1 N–H and O–H groups in total. The first-order valence-corrected chi connectivity index (χ1v) is 3.58. The first kappa shape index (κ1) is 9.67. The molecule has 0 aromatic heterocycles. The molecule has 0 radical (unpaired) electrons. The fourth-order valence-corrected chi connectivity index (χ4v) is 0.643. The summed E-state index contributed by atoms with van der Waals surface area (Å²) in [4.78, 5) is 20.3. The Bertz CT molecular complexity index is 134. The fraction of sp³-hybridized carbons (Fsp3) is 0.600. The second-order valence-electron chi connectivity index (χ2n) is 1.70. The maximum Gasteiger partial charge on any atom is 0.315 e. The van der Waals surface area contributed by atoms with Crippen LogP contribution in [0.1, 0.15) is 19.3 Å². The largest absolute Gasteiger partial charge is 0.481 e. The molecule has 0 unspecified atom stereocenters. The summed E-state index contributed by atoms with van der Waals surface area (Å²) in [6, 6.07) is 0. The number of hydrogen-bond donors (Lipinski definition) is 1. The van der Waals surface area contributed by atoms with Crippen LogP contribution in [0.2, 0.25) is 0 Å². The molecule has 10 heavy (non-hydrogen) atoms. The monoisotopic (exact) mass is 258 g/mol. The molecular formula is C5H7IO4. The molecule has 58 valence electrons. The van der Waals surface area contributed by atoms with Gasteiger partial charge < -0.3 is 8.17 Å². The number of rotatable bonds is 4. The quantitative estimate of drug-likeness (QED) is 0.768. The number of halogens is 1. The van der Waals surface area contributed by atoms with Crippen molar-refractivity contribution in [3.63, 3.8) is 0 Å². The van der Waals surface area contributed by atoms with Gasteiger partial charge in [-0.15, -0.1) is 0 Å². The van der Waals surface area contributed by atoms with Gasteiger partial charge in [0, 0.05) is 12.8 Å². The molecule has 0 amide bonds. The zero-order valence-electron chi connectivity index (χ0n) is 5.17. The summed E-state index contributed by atoms with van der Waals surface area (Å²) in [6.07, 6.45) is 0.540. The van der Waals surface area contributed by atoms with E-state index in [2.05, 4.69) is 3.07 Å². The van der Waals surface area contributed by atoms with E-state index >= 15 is 0 Å². The summed E-state index contributed by atoms with van der Waals surface area (Å²) in [6.45, 7) is 0. The minimum atomic E-state index is -0.888. The summed E-state index contributed by atoms with van der Waals surface area (Å²) < 4.78 is 4.27. The van der Waals surface area contributed by atoms with E-state index in [1.54, 1.807) is 0 Å². The smallest absolute Gasteiger partial charge is 0.315 e. The third-order valence-electron chi connectivity index (χ3n) is 0.858. The van der Waals surface area contributed by atoms with E-state index in [4.69, 9.17) is 5.11 Å². The minimum absolute atomic E-state index is 0.0196. The highest BCUT2D eigenvalue weighted by Gasteiger charge is 2.02. The van der Waals surface area contributed by atoms with E-state index in [1.807, 2.05) is 0 Å². The third kappa shape index (κ3) is 5.80.